The number of carbonyl (C=O) groups is 1. The van der Waals surface area contributed by atoms with Gasteiger partial charge in [0.25, 0.3) is 5.91 Å². The monoisotopic (exact) mass is 419 g/mol. The van der Waals surface area contributed by atoms with E-state index in [4.69, 9.17) is 4.74 Å². The number of hydrogen-bond donors (Lipinski definition) is 0. The summed E-state index contributed by atoms with van der Waals surface area (Å²) in [6, 6.07) is 5.84. The number of piperidine rings is 1. The number of amides is 1. The molecule has 0 bridgehead atoms. The number of nitrogens with zero attached hydrogens (tertiary/aromatic N) is 3. The van der Waals surface area contributed by atoms with E-state index in [2.05, 4.69) is 9.88 Å². The van der Waals surface area contributed by atoms with Crippen LogP contribution < -0.4 is 0 Å². The molecule has 29 heavy (non-hydrogen) atoms. The number of aromatic nitrogens is 2. The molecule has 2 fully saturated rings. The Hall–Kier alpha value is -1.93. The third-order valence-electron chi connectivity index (χ3n) is 6.35. The number of ether oxygens (including phenoxy) is 1. The van der Waals surface area contributed by atoms with Gasteiger partial charge in [0, 0.05) is 31.5 Å². The normalized spacial score (nSPS) is 23.7. The molecule has 0 spiro atoms. The minimum atomic E-state index is -3.21. The van der Waals surface area contributed by atoms with Gasteiger partial charge in [0.2, 0.25) is 0 Å². The van der Waals surface area contributed by atoms with E-state index in [1.54, 1.807) is 10.9 Å². The zero-order valence-electron chi connectivity index (χ0n) is 17.1. The number of carbonyl (C=O) groups excluding carboxylic acids is 1. The number of methoxy groups -OCH3 is 1. The molecule has 2 heterocycles. The zero-order chi connectivity index (χ0) is 20.6. The molecule has 8 heteroatoms. The van der Waals surface area contributed by atoms with Crippen molar-refractivity contribution in [2.45, 2.75) is 50.8 Å². The Morgan fingerprint density at radius 3 is 2.76 bits per heavy atom. The number of hydrogen-bond acceptors (Lipinski definition) is 5. The number of sulfone groups is 1. The second-order valence-corrected chi connectivity index (χ2v) is 10.6. The Morgan fingerprint density at radius 1 is 1.24 bits per heavy atom. The third kappa shape index (κ3) is 4.19. The summed E-state index contributed by atoms with van der Waals surface area (Å²) in [6.07, 6.45) is 9.24. The molecule has 0 radical (unpaired) electrons. The van der Waals surface area contributed by atoms with Crippen molar-refractivity contribution in [3.05, 3.63) is 30.1 Å². The maximum atomic E-state index is 13.3. The maximum Gasteiger partial charge on any atom is 0.254 e. The molecule has 7 nitrogen and oxygen atoms in total. The quantitative estimate of drug-likeness (QED) is 0.744. The third-order valence-corrected chi connectivity index (χ3v) is 7.24. The average Bonchev–Trinajstić information content (AvgIpc) is 3.13. The number of benzene rings is 1. The second kappa shape index (κ2) is 8.07. The predicted molar refractivity (Wildman–Crippen MR) is 112 cm³/mol. The average molecular weight is 420 g/mol. The molecule has 158 valence electrons. The van der Waals surface area contributed by atoms with Crippen molar-refractivity contribution in [1.82, 2.24) is 14.5 Å². The summed E-state index contributed by atoms with van der Waals surface area (Å²) in [5, 5.41) is 0. The van der Waals surface area contributed by atoms with Gasteiger partial charge in [-0.25, -0.2) is 13.4 Å². The van der Waals surface area contributed by atoms with Gasteiger partial charge in [0.15, 0.2) is 9.84 Å². The topological polar surface area (TPSA) is 81.5 Å². The van der Waals surface area contributed by atoms with Gasteiger partial charge in [-0.1, -0.05) is 12.8 Å². The first-order valence-corrected chi connectivity index (χ1v) is 12.4. The molecular formula is C21H29N3O4S. The molecule has 2 aliphatic rings. The molecule has 1 aliphatic heterocycles. The molecule has 2 aromatic rings. The first-order valence-electron chi connectivity index (χ1n) is 10.4. The molecule has 1 aromatic heterocycles. The Kier molecular flexibility index (Phi) is 5.66. The number of fused-ring (bicyclic) bond motifs is 2. The number of likely N-dealkylation sites (tertiary alicyclic amines) is 1. The van der Waals surface area contributed by atoms with Gasteiger partial charge in [-0.2, -0.15) is 0 Å². The van der Waals surface area contributed by atoms with Crippen molar-refractivity contribution in [2.75, 3.05) is 25.7 Å². The van der Waals surface area contributed by atoms with Gasteiger partial charge >= 0.3 is 0 Å². The Bertz CT molecular complexity index is 999. The molecule has 3 unspecified atom stereocenters. The Labute approximate surface area is 172 Å². The minimum Gasteiger partial charge on any atom is -0.360 e. The van der Waals surface area contributed by atoms with Crippen molar-refractivity contribution < 1.29 is 17.9 Å². The molecule has 1 aromatic carbocycles. The Balaban J connectivity index is 1.60. The van der Waals surface area contributed by atoms with E-state index in [1.807, 2.05) is 18.2 Å². The fourth-order valence-corrected chi connectivity index (χ4v) is 5.77. The van der Waals surface area contributed by atoms with Crippen LogP contribution in [0.3, 0.4) is 0 Å². The number of imidazole rings is 1. The van der Waals surface area contributed by atoms with Crippen molar-refractivity contribution in [2.24, 2.45) is 5.92 Å². The van der Waals surface area contributed by atoms with Crippen molar-refractivity contribution in [3.63, 3.8) is 0 Å². The summed E-state index contributed by atoms with van der Waals surface area (Å²) < 4.78 is 30.5. The number of rotatable bonds is 5. The van der Waals surface area contributed by atoms with Gasteiger partial charge in [-0.3, -0.25) is 4.79 Å². The lowest BCUT2D eigenvalue weighted by Crippen LogP contribution is -2.49. The van der Waals surface area contributed by atoms with Crippen LogP contribution >= 0.6 is 0 Å². The van der Waals surface area contributed by atoms with Gasteiger partial charge in [0.1, 0.15) is 6.23 Å². The molecule has 0 N–H and O–H groups in total. The fourth-order valence-electron chi connectivity index (χ4n) is 4.96. The first-order chi connectivity index (χ1) is 13.9. The van der Waals surface area contributed by atoms with Crippen LogP contribution in [0.4, 0.5) is 0 Å². The standard InChI is InChI=1S/C21H29N3O4S/c1-28-20(13-29(2,26)27)24-14-22-17-12-16(9-10-19(17)24)21(25)23-11-5-7-15-6-3-4-8-18(15)23/h9-10,12,14-15,18,20H,3-8,11,13H2,1-2H3. The van der Waals surface area contributed by atoms with Gasteiger partial charge in [0.05, 0.1) is 23.1 Å². The van der Waals surface area contributed by atoms with E-state index < -0.39 is 16.1 Å². The van der Waals surface area contributed by atoms with Crippen molar-refractivity contribution in [3.8, 4) is 0 Å². The fraction of sp³-hybridized carbons (Fsp3) is 0.619. The van der Waals surface area contributed by atoms with Gasteiger partial charge in [-0.15, -0.1) is 0 Å². The van der Waals surface area contributed by atoms with Crippen LogP contribution in [0.2, 0.25) is 0 Å². The lowest BCUT2D eigenvalue weighted by atomic mass is 9.78. The summed E-state index contributed by atoms with van der Waals surface area (Å²) in [5.41, 5.74) is 2.07. The second-order valence-electron chi connectivity index (χ2n) is 8.39. The summed E-state index contributed by atoms with van der Waals surface area (Å²) in [7, 11) is -1.73. The van der Waals surface area contributed by atoms with E-state index in [0.29, 0.717) is 23.0 Å². The molecule has 1 amide bonds. The lowest BCUT2D eigenvalue weighted by molar-refractivity contribution is 0.0391. The highest BCUT2D eigenvalue weighted by Crippen LogP contribution is 2.36. The Morgan fingerprint density at radius 2 is 2.00 bits per heavy atom. The zero-order valence-corrected chi connectivity index (χ0v) is 17.9. The molecular weight excluding hydrogens is 390 g/mol. The van der Waals surface area contributed by atoms with Crippen LogP contribution in [-0.2, 0) is 14.6 Å². The highest BCUT2D eigenvalue weighted by atomic mass is 32.2. The SMILES string of the molecule is COC(CS(C)(=O)=O)n1cnc2cc(C(=O)N3CCCC4CCCCC43)ccc21. The van der Waals surface area contributed by atoms with Crippen LogP contribution in [-0.4, -0.2) is 60.5 Å². The van der Waals surface area contributed by atoms with E-state index >= 15 is 0 Å². The van der Waals surface area contributed by atoms with Crippen molar-refractivity contribution >= 4 is 26.8 Å². The molecule has 4 rings (SSSR count). The highest BCUT2D eigenvalue weighted by molar-refractivity contribution is 7.90. The van der Waals surface area contributed by atoms with Crippen LogP contribution in [0.25, 0.3) is 11.0 Å². The van der Waals surface area contributed by atoms with E-state index in [9.17, 15) is 13.2 Å². The van der Waals surface area contributed by atoms with Gasteiger partial charge in [-0.05, 0) is 49.8 Å². The molecule has 1 saturated heterocycles. The molecule has 1 saturated carbocycles. The first kappa shape index (κ1) is 20.3. The van der Waals surface area contributed by atoms with Crippen LogP contribution in [0, 0.1) is 5.92 Å². The summed E-state index contributed by atoms with van der Waals surface area (Å²) in [5.74, 6) is 0.590. The van der Waals surface area contributed by atoms with Gasteiger partial charge < -0.3 is 14.2 Å². The van der Waals surface area contributed by atoms with E-state index in [-0.39, 0.29) is 11.7 Å². The smallest absolute Gasteiger partial charge is 0.254 e. The predicted octanol–water partition coefficient (Wildman–Crippen LogP) is 3.02. The van der Waals surface area contributed by atoms with Crippen molar-refractivity contribution in [1.29, 1.82) is 0 Å². The van der Waals surface area contributed by atoms with Crippen LogP contribution in [0.5, 0.6) is 0 Å². The largest absolute Gasteiger partial charge is 0.360 e. The molecule has 3 atom stereocenters. The lowest BCUT2D eigenvalue weighted by Gasteiger charge is -2.44. The summed E-state index contributed by atoms with van der Waals surface area (Å²) in [4.78, 5) is 19.8. The minimum absolute atomic E-state index is 0.0810. The van der Waals surface area contributed by atoms with Crippen LogP contribution in [0.1, 0.15) is 55.1 Å². The van der Waals surface area contributed by atoms with E-state index in [0.717, 1.165) is 24.9 Å². The summed E-state index contributed by atoms with van der Waals surface area (Å²) >= 11 is 0. The van der Waals surface area contributed by atoms with Crippen LogP contribution in [0.15, 0.2) is 24.5 Å². The highest BCUT2D eigenvalue weighted by Gasteiger charge is 2.36. The molecule has 1 aliphatic carbocycles. The summed E-state index contributed by atoms with van der Waals surface area (Å²) in [6.45, 7) is 0.826. The maximum absolute atomic E-state index is 13.3. The van der Waals surface area contributed by atoms with E-state index in [1.165, 1.54) is 39.0 Å².